The molecule has 0 bridgehead atoms. The number of benzene rings is 8. The molecule has 8 rings (SSSR count). The van der Waals surface area contributed by atoms with E-state index in [1.807, 2.05) is 0 Å². The van der Waals surface area contributed by atoms with Crippen molar-refractivity contribution in [2.24, 2.45) is 0 Å². The number of rotatable bonds is 8. The van der Waals surface area contributed by atoms with E-state index in [0.29, 0.717) is 0 Å². The van der Waals surface area contributed by atoms with Crippen molar-refractivity contribution in [1.82, 2.24) is 0 Å². The van der Waals surface area contributed by atoms with Crippen molar-refractivity contribution in [2.45, 2.75) is 13.8 Å². The molecule has 8 aromatic carbocycles. The quantitative estimate of drug-likeness (QED) is 0.152. The topological polar surface area (TPSA) is 6.48 Å². The molecule has 0 N–H and O–H groups in total. The minimum Gasteiger partial charge on any atom is -0.315 e. The first-order valence-corrected chi connectivity index (χ1v) is 17.2. The monoisotopic (exact) mass is 642 g/mol. The number of para-hydroxylation sites is 3. The predicted molar refractivity (Wildman–Crippen MR) is 215 cm³/mol. The standard InChI is InChI=1S/C48H38N2/c1-3-35(2)49(38-23-13-6-14-24-38)41-29-31-43-45(33-41)47(36-19-9-4-10-20-36)44-32-30-42(34-46(44)48(43)37-21-11-5-12-22-37)50(39-25-15-7-16-26-39)40-27-17-8-18-28-40/h3-34H,1-2H3/b35-3+. The van der Waals surface area contributed by atoms with Crippen LogP contribution >= 0.6 is 0 Å². The van der Waals surface area contributed by atoms with Gasteiger partial charge in [-0.1, -0.05) is 133 Å². The van der Waals surface area contributed by atoms with Gasteiger partial charge < -0.3 is 9.80 Å². The Morgan fingerprint density at radius 1 is 0.380 bits per heavy atom. The van der Waals surface area contributed by atoms with Crippen molar-refractivity contribution >= 4 is 50.0 Å². The van der Waals surface area contributed by atoms with E-state index in [-0.39, 0.29) is 0 Å². The summed E-state index contributed by atoms with van der Waals surface area (Å²) in [5, 5.41) is 4.88. The fourth-order valence-electron chi connectivity index (χ4n) is 7.18. The minimum atomic E-state index is 1.11. The van der Waals surface area contributed by atoms with Crippen molar-refractivity contribution in [3.63, 3.8) is 0 Å². The summed E-state index contributed by atoms with van der Waals surface area (Å²) in [6, 6.07) is 67.6. The van der Waals surface area contributed by atoms with Gasteiger partial charge in [-0.25, -0.2) is 0 Å². The second kappa shape index (κ2) is 13.6. The van der Waals surface area contributed by atoms with Gasteiger partial charge in [0.15, 0.2) is 0 Å². The molecule has 0 amide bonds. The van der Waals surface area contributed by atoms with Crippen LogP contribution in [0.5, 0.6) is 0 Å². The molecule has 0 aliphatic heterocycles. The molecule has 0 saturated carbocycles. The van der Waals surface area contributed by atoms with E-state index in [4.69, 9.17) is 0 Å². The van der Waals surface area contributed by atoms with Gasteiger partial charge in [0, 0.05) is 34.1 Å². The minimum absolute atomic E-state index is 1.11. The maximum absolute atomic E-state index is 2.39. The third-order valence-corrected chi connectivity index (χ3v) is 9.54. The molecule has 50 heavy (non-hydrogen) atoms. The SMILES string of the molecule is C/C=C(\C)N(c1ccccc1)c1ccc2c(-c3ccccc3)c3cc(N(c4ccccc4)c4ccccc4)ccc3c(-c3ccccc3)c2c1. The van der Waals surface area contributed by atoms with Crippen LogP contribution in [0, 0.1) is 0 Å². The average Bonchev–Trinajstić information content (AvgIpc) is 3.19. The molecule has 0 aliphatic rings. The van der Waals surface area contributed by atoms with E-state index in [2.05, 4.69) is 218 Å². The van der Waals surface area contributed by atoms with Crippen LogP contribution < -0.4 is 9.80 Å². The fourth-order valence-corrected chi connectivity index (χ4v) is 7.18. The molecule has 2 nitrogen and oxygen atoms in total. The zero-order chi connectivity index (χ0) is 33.9. The Morgan fingerprint density at radius 3 is 1.20 bits per heavy atom. The van der Waals surface area contributed by atoms with Gasteiger partial charge >= 0.3 is 0 Å². The highest BCUT2D eigenvalue weighted by molar-refractivity contribution is 6.22. The van der Waals surface area contributed by atoms with Gasteiger partial charge in [0.1, 0.15) is 0 Å². The molecule has 0 aromatic heterocycles. The van der Waals surface area contributed by atoms with Crippen LogP contribution in [0.4, 0.5) is 28.4 Å². The van der Waals surface area contributed by atoms with Crippen LogP contribution in [-0.4, -0.2) is 0 Å². The maximum atomic E-state index is 2.39. The second-order valence-corrected chi connectivity index (χ2v) is 12.5. The summed E-state index contributed by atoms with van der Waals surface area (Å²) < 4.78 is 0. The molecule has 2 heteroatoms. The summed E-state index contributed by atoms with van der Waals surface area (Å²) >= 11 is 0. The van der Waals surface area contributed by atoms with Crippen molar-refractivity contribution in [3.8, 4) is 22.3 Å². The van der Waals surface area contributed by atoms with Crippen LogP contribution in [0.15, 0.2) is 200 Å². The highest BCUT2D eigenvalue weighted by Crippen LogP contribution is 2.47. The molecule has 0 heterocycles. The molecule has 0 spiro atoms. The van der Waals surface area contributed by atoms with Crippen LogP contribution in [0.2, 0.25) is 0 Å². The van der Waals surface area contributed by atoms with Gasteiger partial charge in [-0.05, 0) is 118 Å². The normalized spacial score (nSPS) is 11.5. The Hall–Kier alpha value is -6.38. The third kappa shape index (κ3) is 5.71. The van der Waals surface area contributed by atoms with Crippen molar-refractivity contribution in [1.29, 1.82) is 0 Å². The Labute approximate surface area is 294 Å². The van der Waals surface area contributed by atoms with E-state index in [1.54, 1.807) is 0 Å². The number of hydrogen-bond donors (Lipinski definition) is 0. The van der Waals surface area contributed by atoms with E-state index in [9.17, 15) is 0 Å². The first kappa shape index (κ1) is 30.9. The van der Waals surface area contributed by atoms with Gasteiger partial charge in [0.2, 0.25) is 0 Å². The largest absolute Gasteiger partial charge is 0.315 e. The number of nitrogens with zero attached hydrogens (tertiary/aromatic N) is 2. The van der Waals surface area contributed by atoms with Gasteiger partial charge in [-0.3, -0.25) is 0 Å². The Bertz CT molecular complexity index is 2380. The Kier molecular flexibility index (Phi) is 8.42. The lowest BCUT2D eigenvalue weighted by atomic mass is 9.85. The van der Waals surface area contributed by atoms with Gasteiger partial charge in [0.25, 0.3) is 0 Å². The van der Waals surface area contributed by atoms with Gasteiger partial charge in [0.05, 0.1) is 0 Å². The molecule has 240 valence electrons. The van der Waals surface area contributed by atoms with Gasteiger partial charge in [-0.2, -0.15) is 0 Å². The Morgan fingerprint density at radius 2 is 0.760 bits per heavy atom. The first-order valence-electron chi connectivity index (χ1n) is 17.2. The van der Waals surface area contributed by atoms with E-state index in [1.165, 1.54) is 49.5 Å². The molecule has 0 atom stereocenters. The second-order valence-electron chi connectivity index (χ2n) is 12.5. The van der Waals surface area contributed by atoms with Crippen LogP contribution in [0.1, 0.15) is 13.8 Å². The summed E-state index contributed by atoms with van der Waals surface area (Å²) in [5.41, 5.74) is 11.7. The fraction of sp³-hybridized carbons (Fsp3) is 0.0417. The summed E-state index contributed by atoms with van der Waals surface area (Å²) in [4.78, 5) is 4.70. The molecular weight excluding hydrogens is 605 g/mol. The third-order valence-electron chi connectivity index (χ3n) is 9.54. The number of anilines is 5. The van der Waals surface area contributed by atoms with Crippen LogP contribution in [0.25, 0.3) is 43.8 Å². The Balaban J connectivity index is 1.47. The lowest BCUT2D eigenvalue weighted by Gasteiger charge is -2.28. The zero-order valence-electron chi connectivity index (χ0n) is 28.4. The van der Waals surface area contributed by atoms with Crippen molar-refractivity contribution in [3.05, 3.63) is 200 Å². The highest BCUT2D eigenvalue weighted by atomic mass is 15.1. The zero-order valence-corrected chi connectivity index (χ0v) is 28.4. The maximum Gasteiger partial charge on any atom is 0.0468 e. The molecule has 0 aliphatic carbocycles. The lowest BCUT2D eigenvalue weighted by molar-refractivity contribution is 1.15. The van der Waals surface area contributed by atoms with Crippen molar-refractivity contribution < 1.29 is 0 Å². The smallest absolute Gasteiger partial charge is 0.0468 e. The van der Waals surface area contributed by atoms with E-state index in [0.717, 1.165) is 28.4 Å². The molecule has 0 radical (unpaired) electrons. The van der Waals surface area contributed by atoms with Gasteiger partial charge in [-0.15, -0.1) is 0 Å². The molecule has 8 aromatic rings. The summed E-state index contributed by atoms with van der Waals surface area (Å²) in [6.45, 7) is 4.28. The molecule has 0 fully saturated rings. The molecular formula is C48H38N2. The van der Waals surface area contributed by atoms with Crippen LogP contribution in [0.3, 0.4) is 0 Å². The molecule has 0 saturated heterocycles. The summed E-state index contributed by atoms with van der Waals surface area (Å²) in [7, 11) is 0. The number of hydrogen-bond acceptors (Lipinski definition) is 2. The van der Waals surface area contributed by atoms with E-state index >= 15 is 0 Å². The summed E-state index contributed by atoms with van der Waals surface area (Å²) in [6.07, 6.45) is 2.18. The first-order chi connectivity index (χ1) is 24.7. The molecule has 0 unspecified atom stereocenters. The average molecular weight is 643 g/mol. The number of allylic oxidation sites excluding steroid dienone is 2. The highest BCUT2D eigenvalue weighted by Gasteiger charge is 2.21. The van der Waals surface area contributed by atoms with Crippen molar-refractivity contribution in [2.75, 3.05) is 9.80 Å². The lowest BCUT2D eigenvalue weighted by Crippen LogP contribution is -2.14. The van der Waals surface area contributed by atoms with Crippen LogP contribution in [-0.2, 0) is 0 Å². The number of fused-ring (bicyclic) bond motifs is 2. The van der Waals surface area contributed by atoms with E-state index < -0.39 is 0 Å². The summed E-state index contributed by atoms with van der Waals surface area (Å²) in [5.74, 6) is 0. The predicted octanol–water partition coefficient (Wildman–Crippen LogP) is 13.9.